The van der Waals surface area contributed by atoms with Crippen LogP contribution in [0.2, 0.25) is 0 Å². The summed E-state index contributed by atoms with van der Waals surface area (Å²) in [6.45, 7) is 4.52. The van der Waals surface area contributed by atoms with Gasteiger partial charge in [0.15, 0.2) is 0 Å². The van der Waals surface area contributed by atoms with Gasteiger partial charge in [-0.15, -0.1) is 11.3 Å². The number of aryl methyl sites for hydroxylation is 1. The Balaban J connectivity index is 1.81. The molecule has 3 heterocycles. The number of hydrogen-bond donors (Lipinski definition) is 1. The third-order valence-corrected chi connectivity index (χ3v) is 5.58. The number of ether oxygens (including phenoxy) is 1. The fraction of sp³-hybridized carbons (Fsp3) is 0.333. The molecule has 0 unspecified atom stereocenters. The summed E-state index contributed by atoms with van der Waals surface area (Å²) in [6, 6.07) is 8.33. The maximum Gasteiger partial charge on any atom is 0.266 e. The molecule has 2 N–H and O–H groups in total. The second-order valence-corrected chi connectivity index (χ2v) is 6.97. The smallest absolute Gasteiger partial charge is 0.266 e. The summed E-state index contributed by atoms with van der Waals surface area (Å²) in [5, 5.41) is 1.94. The number of fused-ring (bicyclic) bond motifs is 2. The molecule has 0 atom stereocenters. The van der Waals surface area contributed by atoms with E-state index in [0.717, 1.165) is 27.5 Å². The van der Waals surface area contributed by atoms with Gasteiger partial charge in [0.1, 0.15) is 9.71 Å². The van der Waals surface area contributed by atoms with Crippen LogP contribution < -0.4 is 5.73 Å². The zero-order chi connectivity index (χ0) is 16.7. The van der Waals surface area contributed by atoms with Crippen LogP contribution in [0.3, 0.4) is 0 Å². The van der Waals surface area contributed by atoms with Crippen LogP contribution in [-0.4, -0.2) is 42.1 Å². The molecular weight excluding hydrogens is 322 g/mol. The maximum absolute atomic E-state index is 12.8. The van der Waals surface area contributed by atoms with Crippen LogP contribution in [0.15, 0.2) is 24.3 Å². The Morgan fingerprint density at radius 3 is 2.88 bits per heavy atom. The van der Waals surface area contributed by atoms with E-state index in [9.17, 15) is 4.79 Å². The topological polar surface area (TPSA) is 68.5 Å². The van der Waals surface area contributed by atoms with Crippen molar-refractivity contribution in [1.29, 1.82) is 0 Å². The summed E-state index contributed by atoms with van der Waals surface area (Å²) < 4.78 is 5.31. The van der Waals surface area contributed by atoms with Gasteiger partial charge in [0, 0.05) is 23.9 Å². The molecule has 1 amide bonds. The Morgan fingerprint density at radius 2 is 2.12 bits per heavy atom. The van der Waals surface area contributed by atoms with E-state index in [0.29, 0.717) is 36.9 Å². The number of nitrogens with two attached hydrogens (primary N) is 1. The van der Waals surface area contributed by atoms with Gasteiger partial charge in [0.2, 0.25) is 0 Å². The number of aromatic nitrogens is 1. The number of amides is 1. The van der Waals surface area contributed by atoms with Crippen molar-refractivity contribution in [2.45, 2.75) is 13.3 Å². The van der Waals surface area contributed by atoms with E-state index in [1.807, 2.05) is 6.07 Å². The molecule has 6 heteroatoms. The highest BCUT2D eigenvalue weighted by Crippen LogP contribution is 2.35. The molecule has 0 saturated carbocycles. The Labute approximate surface area is 144 Å². The zero-order valence-corrected chi connectivity index (χ0v) is 14.4. The van der Waals surface area contributed by atoms with Gasteiger partial charge in [-0.1, -0.05) is 13.0 Å². The lowest BCUT2D eigenvalue weighted by atomic mass is 10.1. The summed E-state index contributed by atoms with van der Waals surface area (Å²) in [7, 11) is 0. The Bertz CT molecular complexity index is 929. The van der Waals surface area contributed by atoms with Crippen molar-refractivity contribution in [2.75, 3.05) is 32.0 Å². The normalized spacial score (nSPS) is 15.3. The number of anilines is 1. The maximum atomic E-state index is 12.8. The number of carbonyl (C=O) groups is 1. The van der Waals surface area contributed by atoms with Crippen LogP contribution in [0, 0.1) is 0 Å². The van der Waals surface area contributed by atoms with Crippen molar-refractivity contribution in [2.24, 2.45) is 0 Å². The molecule has 1 saturated heterocycles. The minimum Gasteiger partial charge on any atom is -0.397 e. The molecule has 3 aromatic rings. The van der Waals surface area contributed by atoms with Gasteiger partial charge >= 0.3 is 0 Å². The lowest BCUT2D eigenvalue weighted by Gasteiger charge is -2.26. The molecule has 4 rings (SSSR count). The first-order valence-electron chi connectivity index (χ1n) is 8.16. The predicted molar refractivity (Wildman–Crippen MR) is 97.6 cm³/mol. The van der Waals surface area contributed by atoms with Crippen LogP contribution in [-0.2, 0) is 11.2 Å². The van der Waals surface area contributed by atoms with Crippen LogP contribution in [0.1, 0.15) is 22.2 Å². The number of thiophene rings is 1. The Morgan fingerprint density at radius 1 is 1.33 bits per heavy atom. The number of rotatable bonds is 2. The molecule has 0 bridgehead atoms. The Kier molecular flexibility index (Phi) is 3.86. The van der Waals surface area contributed by atoms with Gasteiger partial charge in [-0.3, -0.25) is 4.79 Å². The monoisotopic (exact) mass is 341 g/mol. The number of pyridine rings is 1. The van der Waals surface area contributed by atoms with Crippen LogP contribution in [0.5, 0.6) is 0 Å². The van der Waals surface area contributed by atoms with E-state index >= 15 is 0 Å². The largest absolute Gasteiger partial charge is 0.397 e. The molecule has 24 heavy (non-hydrogen) atoms. The van der Waals surface area contributed by atoms with Crippen molar-refractivity contribution in [1.82, 2.24) is 9.88 Å². The minimum absolute atomic E-state index is 0.0166. The van der Waals surface area contributed by atoms with Crippen LogP contribution in [0.4, 0.5) is 5.69 Å². The van der Waals surface area contributed by atoms with Crippen molar-refractivity contribution in [3.8, 4) is 0 Å². The standard InChI is InChI=1S/C18H19N3O2S/c1-2-11-3-4-14-12(9-11)10-13-15(19)16(24-17(13)20-14)18(22)21-5-7-23-8-6-21/h3-4,9-10H,2,5-8,19H2,1H3. The van der Waals surface area contributed by atoms with Gasteiger partial charge < -0.3 is 15.4 Å². The molecule has 0 spiro atoms. The third kappa shape index (κ3) is 2.52. The predicted octanol–water partition coefficient (Wildman–Crippen LogP) is 3.07. The fourth-order valence-electron chi connectivity index (χ4n) is 3.04. The van der Waals surface area contributed by atoms with Gasteiger partial charge in [0.05, 0.1) is 24.4 Å². The SMILES string of the molecule is CCc1ccc2nc3sc(C(=O)N4CCOCC4)c(N)c3cc2c1. The average molecular weight is 341 g/mol. The van der Waals surface area contributed by atoms with Crippen molar-refractivity contribution in [3.63, 3.8) is 0 Å². The molecule has 1 aliphatic rings. The first kappa shape index (κ1) is 15.4. The number of benzene rings is 1. The molecule has 124 valence electrons. The highest BCUT2D eigenvalue weighted by atomic mass is 32.1. The lowest BCUT2D eigenvalue weighted by Crippen LogP contribution is -2.40. The first-order chi connectivity index (χ1) is 11.7. The van der Waals surface area contributed by atoms with Gasteiger partial charge in [-0.25, -0.2) is 4.98 Å². The minimum atomic E-state index is -0.0166. The van der Waals surface area contributed by atoms with Gasteiger partial charge in [-0.05, 0) is 30.2 Å². The average Bonchev–Trinajstić information content (AvgIpc) is 2.95. The van der Waals surface area contributed by atoms with Crippen LogP contribution in [0.25, 0.3) is 21.1 Å². The summed E-state index contributed by atoms with van der Waals surface area (Å²) in [4.78, 5) is 20.7. The summed E-state index contributed by atoms with van der Waals surface area (Å²) in [5.74, 6) is -0.0166. The van der Waals surface area contributed by atoms with E-state index in [-0.39, 0.29) is 5.91 Å². The van der Waals surface area contributed by atoms with E-state index in [4.69, 9.17) is 15.5 Å². The van der Waals surface area contributed by atoms with E-state index in [1.54, 1.807) is 4.90 Å². The van der Waals surface area contributed by atoms with E-state index < -0.39 is 0 Å². The summed E-state index contributed by atoms with van der Waals surface area (Å²) in [6.07, 6.45) is 0.980. The van der Waals surface area contributed by atoms with Gasteiger partial charge in [0.25, 0.3) is 5.91 Å². The number of carbonyl (C=O) groups excluding carboxylic acids is 1. The number of nitrogen functional groups attached to an aromatic ring is 1. The second kappa shape index (κ2) is 6.03. The summed E-state index contributed by atoms with van der Waals surface area (Å²) >= 11 is 1.38. The molecule has 1 aromatic carbocycles. The highest BCUT2D eigenvalue weighted by Gasteiger charge is 2.24. The molecule has 0 radical (unpaired) electrons. The molecule has 1 fully saturated rings. The second-order valence-electron chi connectivity index (χ2n) is 5.97. The molecule has 2 aromatic heterocycles. The van der Waals surface area contributed by atoms with E-state index in [2.05, 4.69) is 25.1 Å². The van der Waals surface area contributed by atoms with E-state index in [1.165, 1.54) is 16.9 Å². The molecule has 0 aliphatic carbocycles. The first-order valence-corrected chi connectivity index (χ1v) is 8.97. The number of nitrogens with zero attached hydrogens (tertiary/aromatic N) is 2. The zero-order valence-electron chi connectivity index (χ0n) is 13.5. The third-order valence-electron chi connectivity index (χ3n) is 4.48. The molecule has 5 nitrogen and oxygen atoms in total. The quantitative estimate of drug-likeness (QED) is 0.778. The Hall–Kier alpha value is -2.18. The lowest BCUT2D eigenvalue weighted by molar-refractivity contribution is 0.0307. The van der Waals surface area contributed by atoms with Crippen molar-refractivity contribution >= 4 is 44.1 Å². The molecule has 1 aliphatic heterocycles. The number of morpholine rings is 1. The van der Waals surface area contributed by atoms with Crippen molar-refractivity contribution in [3.05, 3.63) is 34.7 Å². The highest BCUT2D eigenvalue weighted by molar-refractivity contribution is 7.21. The summed E-state index contributed by atoms with van der Waals surface area (Å²) in [5.41, 5.74) is 9.05. The van der Waals surface area contributed by atoms with Gasteiger partial charge in [-0.2, -0.15) is 0 Å². The number of hydrogen-bond acceptors (Lipinski definition) is 5. The fourth-order valence-corrected chi connectivity index (χ4v) is 4.09. The van der Waals surface area contributed by atoms with Crippen LogP contribution >= 0.6 is 11.3 Å². The molecular formula is C18H19N3O2S. The van der Waals surface area contributed by atoms with Crippen molar-refractivity contribution < 1.29 is 9.53 Å².